The lowest BCUT2D eigenvalue weighted by molar-refractivity contribution is 0.0657. The minimum absolute atomic E-state index is 0.164. The summed E-state index contributed by atoms with van der Waals surface area (Å²) in [6.07, 6.45) is 1.97. The third-order valence-electron chi connectivity index (χ3n) is 4.84. The van der Waals surface area contributed by atoms with Crippen molar-refractivity contribution >= 4 is 5.91 Å². The van der Waals surface area contributed by atoms with Crippen molar-refractivity contribution in [3.05, 3.63) is 89.5 Å². The Morgan fingerprint density at radius 2 is 1.81 bits per heavy atom. The van der Waals surface area contributed by atoms with E-state index in [1.807, 2.05) is 24.4 Å². The second-order valence-electron chi connectivity index (χ2n) is 6.25. The molecule has 0 fully saturated rings. The van der Waals surface area contributed by atoms with Crippen molar-refractivity contribution in [2.45, 2.75) is 12.6 Å². The molecule has 26 heavy (non-hydrogen) atoms. The van der Waals surface area contributed by atoms with Crippen molar-refractivity contribution in [3.8, 4) is 5.75 Å². The second-order valence-corrected chi connectivity index (χ2v) is 6.25. The Kier molecular flexibility index (Phi) is 4.21. The zero-order valence-electron chi connectivity index (χ0n) is 14.4. The van der Waals surface area contributed by atoms with Crippen LogP contribution in [0.3, 0.4) is 0 Å². The Morgan fingerprint density at radius 1 is 1.04 bits per heavy atom. The maximum Gasteiger partial charge on any atom is 0.258 e. The molecule has 0 N–H and O–H groups in total. The highest BCUT2D eigenvalue weighted by Crippen LogP contribution is 2.35. The molecule has 2 heterocycles. The Labute approximate surface area is 151 Å². The quantitative estimate of drug-likeness (QED) is 0.718. The first-order chi connectivity index (χ1) is 12.7. The number of carbonyl (C=O) groups excluding carboxylic acids is 1. The highest BCUT2D eigenvalue weighted by Gasteiger charge is 2.34. The van der Waals surface area contributed by atoms with Gasteiger partial charge < -0.3 is 14.2 Å². The zero-order valence-corrected chi connectivity index (χ0v) is 14.4. The van der Waals surface area contributed by atoms with Gasteiger partial charge in [-0.05, 0) is 30.3 Å². The number of hydrogen-bond acceptors (Lipinski definition) is 2. The van der Waals surface area contributed by atoms with E-state index in [1.165, 1.54) is 6.07 Å². The van der Waals surface area contributed by atoms with Crippen LogP contribution in [0.15, 0.2) is 66.9 Å². The fourth-order valence-electron chi connectivity index (χ4n) is 3.60. The van der Waals surface area contributed by atoms with E-state index in [0.29, 0.717) is 30.0 Å². The van der Waals surface area contributed by atoms with Crippen molar-refractivity contribution in [2.24, 2.45) is 0 Å². The minimum Gasteiger partial charge on any atom is -0.496 e. The summed E-state index contributed by atoms with van der Waals surface area (Å²) in [4.78, 5) is 15.0. The molecule has 0 saturated heterocycles. The molecule has 1 aromatic heterocycles. The number of para-hydroxylation sites is 1. The number of halogens is 1. The predicted octanol–water partition coefficient (Wildman–Crippen LogP) is 3.88. The van der Waals surface area contributed by atoms with Gasteiger partial charge in [0.2, 0.25) is 0 Å². The van der Waals surface area contributed by atoms with Crippen molar-refractivity contribution < 1.29 is 13.9 Å². The monoisotopic (exact) mass is 350 g/mol. The second kappa shape index (κ2) is 6.67. The number of carbonyl (C=O) groups is 1. The van der Waals surface area contributed by atoms with E-state index in [9.17, 15) is 9.18 Å². The van der Waals surface area contributed by atoms with E-state index < -0.39 is 6.04 Å². The fraction of sp³-hybridized carbons (Fsp3) is 0.190. The molecular weight excluding hydrogens is 331 g/mol. The average molecular weight is 350 g/mol. The molecule has 0 bridgehead atoms. The SMILES string of the molecule is COc1ccccc1C(=O)N1CCn2cccc2C1c1ccccc1F. The zero-order chi connectivity index (χ0) is 18.1. The highest BCUT2D eigenvalue weighted by atomic mass is 19.1. The molecule has 1 atom stereocenters. The lowest BCUT2D eigenvalue weighted by Crippen LogP contribution is -2.42. The van der Waals surface area contributed by atoms with Crippen LogP contribution in [0.4, 0.5) is 4.39 Å². The number of rotatable bonds is 3. The molecule has 1 aliphatic heterocycles. The van der Waals surface area contributed by atoms with Crippen molar-refractivity contribution in [3.63, 3.8) is 0 Å². The number of methoxy groups -OCH3 is 1. The number of fused-ring (bicyclic) bond motifs is 1. The maximum atomic E-state index is 14.6. The summed E-state index contributed by atoms with van der Waals surface area (Å²) in [7, 11) is 1.54. The van der Waals surface area contributed by atoms with Gasteiger partial charge in [-0.1, -0.05) is 30.3 Å². The first-order valence-electron chi connectivity index (χ1n) is 8.54. The third kappa shape index (κ3) is 2.65. The normalized spacial score (nSPS) is 16.2. The first-order valence-corrected chi connectivity index (χ1v) is 8.54. The molecule has 3 aromatic rings. The summed E-state index contributed by atoms with van der Waals surface area (Å²) in [6.45, 7) is 1.17. The van der Waals surface area contributed by atoms with Crippen molar-refractivity contribution in [2.75, 3.05) is 13.7 Å². The van der Waals surface area contributed by atoms with Gasteiger partial charge in [0.1, 0.15) is 17.6 Å². The summed E-state index contributed by atoms with van der Waals surface area (Å²) in [5.74, 6) is 0.0406. The lowest BCUT2D eigenvalue weighted by atomic mass is 9.98. The number of benzene rings is 2. The molecule has 4 nitrogen and oxygen atoms in total. The van der Waals surface area contributed by atoms with Gasteiger partial charge in [0.25, 0.3) is 5.91 Å². The molecule has 0 radical (unpaired) electrons. The van der Waals surface area contributed by atoms with Crippen LogP contribution >= 0.6 is 0 Å². The topological polar surface area (TPSA) is 34.5 Å². The first kappa shape index (κ1) is 16.4. The molecule has 1 aliphatic rings. The van der Waals surface area contributed by atoms with Crippen LogP contribution in [-0.4, -0.2) is 29.0 Å². The number of nitrogens with zero attached hydrogens (tertiary/aromatic N) is 2. The van der Waals surface area contributed by atoms with Crippen LogP contribution in [0.1, 0.15) is 27.7 Å². The van der Waals surface area contributed by atoms with Gasteiger partial charge in [-0.3, -0.25) is 4.79 Å². The molecule has 1 amide bonds. The van der Waals surface area contributed by atoms with Gasteiger partial charge in [0, 0.05) is 30.5 Å². The van der Waals surface area contributed by atoms with E-state index in [4.69, 9.17) is 4.74 Å². The number of hydrogen-bond donors (Lipinski definition) is 0. The predicted molar refractivity (Wildman–Crippen MR) is 96.7 cm³/mol. The molecule has 0 aliphatic carbocycles. The third-order valence-corrected chi connectivity index (χ3v) is 4.84. The molecule has 0 spiro atoms. The standard InChI is InChI=1S/C21H19FN2O2/c1-26-19-11-5-3-8-16(19)21(25)24-14-13-23-12-6-10-18(23)20(24)15-7-2-4-9-17(15)22/h2-12,20H,13-14H2,1H3. The Bertz CT molecular complexity index is 950. The van der Waals surface area contributed by atoms with Gasteiger partial charge in [0.05, 0.1) is 12.7 Å². The number of amides is 1. The number of ether oxygens (including phenoxy) is 1. The van der Waals surface area contributed by atoms with E-state index in [2.05, 4.69) is 4.57 Å². The summed E-state index contributed by atoms with van der Waals surface area (Å²) < 4.78 is 22.0. The van der Waals surface area contributed by atoms with Gasteiger partial charge in [0.15, 0.2) is 0 Å². The van der Waals surface area contributed by atoms with Crippen molar-refractivity contribution in [1.29, 1.82) is 0 Å². The van der Waals surface area contributed by atoms with E-state index >= 15 is 0 Å². The van der Waals surface area contributed by atoms with Crippen LogP contribution < -0.4 is 4.74 Å². The molecule has 5 heteroatoms. The molecule has 4 rings (SSSR count). The van der Waals surface area contributed by atoms with Gasteiger partial charge >= 0.3 is 0 Å². The smallest absolute Gasteiger partial charge is 0.258 e. The Morgan fingerprint density at radius 3 is 2.62 bits per heavy atom. The van der Waals surface area contributed by atoms with Gasteiger partial charge in [-0.2, -0.15) is 0 Å². The average Bonchev–Trinajstić information content (AvgIpc) is 3.16. The number of aromatic nitrogens is 1. The minimum atomic E-state index is -0.475. The largest absolute Gasteiger partial charge is 0.496 e. The van der Waals surface area contributed by atoms with E-state index in [-0.39, 0.29) is 11.7 Å². The van der Waals surface area contributed by atoms with E-state index in [1.54, 1.807) is 48.4 Å². The molecule has 132 valence electrons. The van der Waals surface area contributed by atoms with Crippen LogP contribution in [0.25, 0.3) is 0 Å². The van der Waals surface area contributed by atoms with Crippen LogP contribution in [0.2, 0.25) is 0 Å². The summed E-state index contributed by atoms with van der Waals surface area (Å²) in [6, 6.07) is 17.2. The maximum absolute atomic E-state index is 14.6. The van der Waals surface area contributed by atoms with Crippen LogP contribution in [-0.2, 0) is 6.54 Å². The summed E-state index contributed by atoms with van der Waals surface area (Å²) >= 11 is 0. The lowest BCUT2D eigenvalue weighted by Gasteiger charge is -2.37. The van der Waals surface area contributed by atoms with Crippen LogP contribution in [0.5, 0.6) is 5.75 Å². The van der Waals surface area contributed by atoms with E-state index in [0.717, 1.165) is 5.69 Å². The van der Waals surface area contributed by atoms with Gasteiger partial charge in [-0.15, -0.1) is 0 Å². The fourth-order valence-corrected chi connectivity index (χ4v) is 3.60. The molecular formula is C21H19FN2O2. The Balaban J connectivity index is 1.82. The summed E-state index contributed by atoms with van der Waals surface area (Å²) in [5.41, 5.74) is 1.89. The highest BCUT2D eigenvalue weighted by molar-refractivity contribution is 5.97. The van der Waals surface area contributed by atoms with Crippen LogP contribution in [0, 0.1) is 5.82 Å². The van der Waals surface area contributed by atoms with Crippen molar-refractivity contribution in [1.82, 2.24) is 9.47 Å². The summed E-state index contributed by atoms with van der Waals surface area (Å²) in [5, 5.41) is 0. The molecule has 0 saturated carbocycles. The molecule has 1 unspecified atom stereocenters. The van der Waals surface area contributed by atoms with Gasteiger partial charge in [-0.25, -0.2) is 4.39 Å². The Hall–Kier alpha value is -3.08. The molecule has 2 aromatic carbocycles.